The summed E-state index contributed by atoms with van der Waals surface area (Å²) in [6.07, 6.45) is 3.16. The number of hydrogen-bond donors (Lipinski definition) is 0. The molecule has 1 aliphatic heterocycles. The van der Waals surface area contributed by atoms with Crippen LogP contribution in [-0.4, -0.2) is 28.8 Å². The minimum atomic E-state index is -0.558. The smallest absolute Gasteiger partial charge is 0.287 e. The Bertz CT molecular complexity index is 484. The van der Waals surface area contributed by atoms with E-state index in [1.54, 1.807) is 4.90 Å². The highest BCUT2D eigenvalue weighted by atomic mass is 35.5. The average molecular weight is 269 g/mol. The van der Waals surface area contributed by atoms with Crippen LogP contribution in [0.15, 0.2) is 18.2 Å². The lowest BCUT2D eigenvalue weighted by Crippen LogP contribution is -2.35. The number of likely N-dealkylation sites (tertiary alicyclic amines) is 1. The summed E-state index contributed by atoms with van der Waals surface area (Å²) in [6, 6.07) is 4.11. The summed E-state index contributed by atoms with van der Waals surface area (Å²) >= 11 is 5.79. The van der Waals surface area contributed by atoms with Crippen LogP contribution >= 0.6 is 11.6 Å². The molecule has 1 aliphatic rings. The first kappa shape index (κ1) is 12.8. The summed E-state index contributed by atoms with van der Waals surface area (Å²) in [6.45, 7) is 1.49. The van der Waals surface area contributed by atoms with E-state index in [2.05, 4.69) is 0 Å². The van der Waals surface area contributed by atoms with Crippen LogP contribution in [0.25, 0.3) is 0 Å². The van der Waals surface area contributed by atoms with E-state index in [1.807, 2.05) is 0 Å². The first-order chi connectivity index (χ1) is 8.59. The first-order valence-corrected chi connectivity index (χ1v) is 6.20. The van der Waals surface area contributed by atoms with Gasteiger partial charge in [0.2, 0.25) is 0 Å². The molecule has 1 amide bonds. The van der Waals surface area contributed by atoms with Gasteiger partial charge in [-0.15, -0.1) is 0 Å². The fourth-order valence-corrected chi connectivity index (χ4v) is 2.32. The third kappa shape index (κ3) is 2.61. The lowest BCUT2D eigenvalue weighted by atomic mass is 10.1. The van der Waals surface area contributed by atoms with Gasteiger partial charge in [0.25, 0.3) is 11.6 Å². The largest absolute Gasteiger partial charge is 0.339 e. The van der Waals surface area contributed by atoms with E-state index in [1.165, 1.54) is 18.2 Å². The van der Waals surface area contributed by atoms with Gasteiger partial charge in [0.15, 0.2) is 0 Å². The van der Waals surface area contributed by atoms with Crippen molar-refractivity contribution in [2.24, 2.45) is 0 Å². The van der Waals surface area contributed by atoms with Crippen LogP contribution in [0.5, 0.6) is 0 Å². The number of nitro groups is 1. The number of piperidine rings is 1. The molecular weight excluding hydrogens is 256 g/mol. The van der Waals surface area contributed by atoms with E-state index in [9.17, 15) is 14.9 Å². The molecule has 0 radical (unpaired) electrons. The van der Waals surface area contributed by atoms with E-state index >= 15 is 0 Å². The van der Waals surface area contributed by atoms with Crippen molar-refractivity contribution in [3.8, 4) is 0 Å². The number of carbonyl (C=O) groups excluding carboxylic acids is 1. The van der Waals surface area contributed by atoms with Gasteiger partial charge in [-0.05, 0) is 31.4 Å². The van der Waals surface area contributed by atoms with Crippen molar-refractivity contribution in [3.63, 3.8) is 0 Å². The van der Waals surface area contributed by atoms with Gasteiger partial charge < -0.3 is 4.90 Å². The highest BCUT2D eigenvalue weighted by Crippen LogP contribution is 2.26. The van der Waals surface area contributed by atoms with E-state index in [0.29, 0.717) is 5.56 Å². The highest BCUT2D eigenvalue weighted by molar-refractivity contribution is 6.33. The Morgan fingerprint density at radius 1 is 1.28 bits per heavy atom. The van der Waals surface area contributed by atoms with Gasteiger partial charge in [-0.3, -0.25) is 14.9 Å². The monoisotopic (exact) mass is 268 g/mol. The molecule has 0 N–H and O–H groups in total. The number of nitrogens with zero attached hydrogens (tertiary/aromatic N) is 2. The fourth-order valence-electron chi connectivity index (χ4n) is 2.07. The summed E-state index contributed by atoms with van der Waals surface area (Å²) in [5.74, 6) is -0.105. The van der Waals surface area contributed by atoms with Crippen molar-refractivity contribution in [1.82, 2.24) is 4.90 Å². The molecule has 6 heteroatoms. The Kier molecular flexibility index (Phi) is 3.81. The third-order valence-corrected chi connectivity index (χ3v) is 3.34. The molecule has 1 aromatic carbocycles. The number of amides is 1. The van der Waals surface area contributed by atoms with Crippen LogP contribution in [0.2, 0.25) is 5.02 Å². The normalized spacial score (nSPS) is 15.5. The number of hydrogen-bond acceptors (Lipinski definition) is 3. The highest BCUT2D eigenvalue weighted by Gasteiger charge is 2.20. The van der Waals surface area contributed by atoms with Crippen LogP contribution in [0.1, 0.15) is 29.6 Å². The van der Waals surface area contributed by atoms with Gasteiger partial charge in [0.1, 0.15) is 5.02 Å². The van der Waals surface area contributed by atoms with Gasteiger partial charge in [-0.2, -0.15) is 0 Å². The Hall–Kier alpha value is -1.62. The molecule has 1 saturated heterocycles. The molecule has 1 fully saturated rings. The summed E-state index contributed by atoms with van der Waals surface area (Å²) in [7, 11) is 0. The molecule has 0 aliphatic carbocycles. The molecule has 5 nitrogen and oxygen atoms in total. The van der Waals surface area contributed by atoms with Crippen LogP contribution < -0.4 is 0 Å². The maximum absolute atomic E-state index is 12.1. The molecule has 1 heterocycles. The second-order valence-corrected chi connectivity index (χ2v) is 4.68. The average Bonchev–Trinajstić information content (AvgIpc) is 2.38. The third-order valence-electron chi connectivity index (χ3n) is 3.03. The van der Waals surface area contributed by atoms with Crippen LogP contribution in [0, 0.1) is 10.1 Å². The van der Waals surface area contributed by atoms with Crippen LogP contribution in [0.3, 0.4) is 0 Å². The summed E-state index contributed by atoms with van der Waals surface area (Å²) in [5, 5.41) is 10.6. The van der Waals surface area contributed by atoms with Gasteiger partial charge in [0, 0.05) is 24.7 Å². The summed E-state index contributed by atoms with van der Waals surface area (Å²) in [4.78, 5) is 24.0. The molecule has 18 heavy (non-hydrogen) atoms. The number of rotatable bonds is 2. The van der Waals surface area contributed by atoms with Crippen molar-refractivity contribution in [2.45, 2.75) is 19.3 Å². The minimum absolute atomic E-state index is 0.00265. The molecular formula is C12H13ClN2O3. The quantitative estimate of drug-likeness (QED) is 0.612. The van der Waals surface area contributed by atoms with Crippen LogP contribution in [0.4, 0.5) is 5.69 Å². The number of nitro benzene ring substituents is 1. The zero-order valence-corrected chi connectivity index (χ0v) is 10.5. The lowest BCUT2D eigenvalue weighted by Gasteiger charge is -2.26. The first-order valence-electron chi connectivity index (χ1n) is 5.83. The molecule has 0 bridgehead atoms. The molecule has 0 atom stereocenters. The number of halogens is 1. The molecule has 0 aromatic heterocycles. The van der Waals surface area contributed by atoms with Gasteiger partial charge in [-0.25, -0.2) is 0 Å². The Balaban J connectivity index is 2.20. The van der Waals surface area contributed by atoms with Crippen molar-refractivity contribution in [2.75, 3.05) is 13.1 Å². The molecule has 2 rings (SSSR count). The van der Waals surface area contributed by atoms with Crippen molar-refractivity contribution in [3.05, 3.63) is 38.9 Å². The molecule has 0 unspecified atom stereocenters. The van der Waals surface area contributed by atoms with Crippen molar-refractivity contribution < 1.29 is 9.72 Å². The second-order valence-electron chi connectivity index (χ2n) is 4.28. The molecule has 1 aromatic rings. The topological polar surface area (TPSA) is 63.4 Å². The molecule has 0 spiro atoms. The zero-order valence-electron chi connectivity index (χ0n) is 9.76. The predicted molar refractivity (Wildman–Crippen MR) is 67.9 cm³/mol. The summed E-state index contributed by atoms with van der Waals surface area (Å²) < 4.78 is 0. The molecule has 0 saturated carbocycles. The Morgan fingerprint density at radius 3 is 2.50 bits per heavy atom. The standard InChI is InChI=1S/C12H13ClN2O3/c13-10-8-9(4-5-11(10)15(17)18)12(16)14-6-2-1-3-7-14/h4-5,8H,1-3,6-7H2. The SMILES string of the molecule is O=C(c1ccc([N+](=O)[O-])c(Cl)c1)N1CCCCC1. The maximum Gasteiger partial charge on any atom is 0.287 e. The fraction of sp³-hybridized carbons (Fsp3) is 0.417. The second kappa shape index (κ2) is 5.35. The van der Waals surface area contributed by atoms with E-state index in [0.717, 1.165) is 32.4 Å². The van der Waals surface area contributed by atoms with E-state index in [4.69, 9.17) is 11.6 Å². The zero-order chi connectivity index (χ0) is 13.1. The molecule has 96 valence electrons. The minimum Gasteiger partial charge on any atom is -0.339 e. The van der Waals surface area contributed by atoms with Crippen molar-refractivity contribution >= 4 is 23.2 Å². The maximum atomic E-state index is 12.1. The van der Waals surface area contributed by atoms with Gasteiger partial charge in [0.05, 0.1) is 4.92 Å². The van der Waals surface area contributed by atoms with Gasteiger partial charge in [-0.1, -0.05) is 11.6 Å². The van der Waals surface area contributed by atoms with E-state index < -0.39 is 4.92 Å². The van der Waals surface area contributed by atoms with Crippen LogP contribution in [-0.2, 0) is 0 Å². The van der Waals surface area contributed by atoms with Gasteiger partial charge >= 0.3 is 0 Å². The number of benzene rings is 1. The Labute approximate surface area is 109 Å². The number of carbonyl (C=O) groups is 1. The van der Waals surface area contributed by atoms with Crippen molar-refractivity contribution in [1.29, 1.82) is 0 Å². The lowest BCUT2D eigenvalue weighted by molar-refractivity contribution is -0.384. The Morgan fingerprint density at radius 2 is 1.94 bits per heavy atom. The van der Waals surface area contributed by atoms with E-state index in [-0.39, 0.29) is 16.6 Å². The summed E-state index contributed by atoms with van der Waals surface area (Å²) in [5.41, 5.74) is 0.236. The predicted octanol–water partition coefficient (Wildman–Crippen LogP) is 2.87.